The average molecular weight is 552 g/mol. The van der Waals surface area contributed by atoms with Gasteiger partial charge in [0.15, 0.2) is 5.96 Å². The fourth-order valence-electron chi connectivity index (χ4n) is 3.83. The van der Waals surface area contributed by atoms with E-state index in [1.165, 1.54) is 0 Å². The molecule has 1 saturated heterocycles. The summed E-state index contributed by atoms with van der Waals surface area (Å²) in [6, 6.07) is 10.1. The van der Waals surface area contributed by atoms with Gasteiger partial charge in [0.1, 0.15) is 11.6 Å². The van der Waals surface area contributed by atoms with Crippen molar-refractivity contribution in [3.05, 3.63) is 53.2 Å². The van der Waals surface area contributed by atoms with Crippen LogP contribution in [0.25, 0.3) is 0 Å². The number of benzene rings is 1. The second kappa shape index (κ2) is 12.5. The summed E-state index contributed by atoms with van der Waals surface area (Å²) in [4.78, 5) is 22.7. The second-order valence-corrected chi connectivity index (χ2v) is 7.77. The van der Waals surface area contributed by atoms with Crippen LogP contribution in [0.2, 0.25) is 0 Å². The van der Waals surface area contributed by atoms with E-state index in [4.69, 9.17) is 10.5 Å². The number of primary amides is 1. The van der Waals surface area contributed by atoms with Crippen LogP contribution in [0, 0.1) is 12.8 Å². The van der Waals surface area contributed by atoms with E-state index in [9.17, 15) is 4.79 Å². The summed E-state index contributed by atoms with van der Waals surface area (Å²) in [6.45, 7) is 4.67. The standard InChI is InChI=1S/C23H32N6O2.HI/c1-16-8-9-17(20(12-16)31-3)13-27-23(25-2)28-14-18-6-4-10-26-22(18)29-11-5-7-19(15-29)21(24)30;/h4,6,8-10,12,19H,5,7,11,13-15H2,1-3H3,(H2,24,30)(H2,25,27,28);1H. The molecule has 32 heavy (non-hydrogen) atoms. The number of piperidine rings is 1. The molecule has 1 aliphatic rings. The summed E-state index contributed by atoms with van der Waals surface area (Å²) < 4.78 is 5.48. The molecular weight excluding hydrogens is 519 g/mol. The number of pyridine rings is 1. The fraction of sp³-hybridized carbons (Fsp3) is 0.435. The Morgan fingerprint density at radius 1 is 1.28 bits per heavy atom. The molecule has 2 heterocycles. The van der Waals surface area contributed by atoms with Crippen molar-refractivity contribution in [1.82, 2.24) is 15.6 Å². The molecule has 174 valence electrons. The van der Waals surface area contributed by atoms with Crippen molar-refractivity contribution in [1.29, 1.82) is 0 Å². The topological polar surface area (TPSA) is 105 Å². The number of aliphatic imine (C=N–C) groups is 1. The molecule has 4 N–H and O–H groups in total. The zero-order valence-corrected chi connectivity index (χ0v) is 21.3. The molecule has 9 heteroatoms. The number of carbonyl (C=O) groups excluding carboxylic acids is 1. The molecule has 0 bridgehead atoms. The quantitative estimate of drug-likeness (QED) is 0.277. The van der Waals surface area contributed by atoms with E-state index in [1.54, 1.807) is 20.4 Å². The maximum Gasteiger partial charge on any atom is 0.222 e. The van der Waals surface area contributed by atoms with Crippen molar-refractivity contribution < 1.29 is 9.53 Å². The van der Waals surface area contributed by atoms with E-state index in [-0.39, 0.29) is 35.8 Å². The van der Waals surface area contributed by atoms with Gasteiger partial charge in [-0.2, -0.15) is 0 Å². The summed E-state index contributed by atoms with van der Waals surface area (Å²) >= 11 is 0. The van der Waals surface area contributed by atoms with Gasteiger partial charge >= 0.3 is 0 Å². The number of ether oxygens (including phenoxy) is 1. The highest BCUT2D eigenvalue weighted by molar-refractivity contribution is 14.0. The molecule has 1 fully saturated rings. The molecule has 2 aromatic rings. The maximum atomic E-state index is 11.7. The Morgan fingerprint density at radius 3 is 2.72 bits per heavy atom. The van der Waals surface area contributed by atoms with Crippen molar-refractivity contribution in [3.8, 4) is 5.75 Å². The van der Waals surface area contributed by atoms with Crippen LogP contribution < -0.4 is 26.0 Å². The van der Waals surface area contributed by atoms with Crippen LogP contribution >= 0.6 is 24.0 Å². The number of nitrogens with one attached hydrogen (secondary N) is 2. The van der Waals surface area contributed by atoms with Gasteiger partial charge in [-0.15, -0.1) is 24.0 Å². The molecule has 1 unspecified atom stereocenters. The van der Waals surface area contributed by atoms with Crippen LogP contribution in [0.1, 0.15) is 29.5 Å². The summed E-state index contributed by atoms with van der Waals surface area (Å²) in [7, 11) is 3.42. The molecule has 1 amide bonds. The number of carbonyl (C=O) groups is 1. The third-order valence-corrected chi connectivity index (χ3v) is 5.55. The van der Waals surface area contributed by atoms with Gasteiger partial charge in [0.25, 0.3) is 0 Å². The Kier molecular flexibility index (Phi) is 10.0. The molecule has 3 rings (SSSR count). The highest BCUT2D eigenvalue weighted by atomic mass is 127. The lowest BCUT2D eigenvalue weighted by Gasteiger charge is -2.33. The van der Waals surface area contributed by atoms with Gasteiger partial charge in [-0.05, 0) is 37.5 Å². The first kappa shape index (κ1) is 25.7. The smallest absolute Gasteiger partial charge is 0.222 e. The van der Waals surface area contributed by atoms with E-state index in [0.717, 1.165) is 47.6 Å². The number of rotatable bonds is 7. The van der Waals surface area contributed by atoms with Gasteiger partial charge < -0.3 is 26.0 Å². The first-order valence-corrected chi connectivity index (χ1v) is 10.6. The van der Waals surface area contributed by atoms with Crippen LogP contribution in [0.4, 0.5) is 5.82 Å². The number of nitrogens with zero attached hydrogens (tertiary/aromatic N) is 3. The number of methoxy groups -OCH3 is 1. The molecule has 0 spiro atoms. The van der Waals surface area contributed by atoms with Gasteiger partial charge in [-0.25, -0.2) is 4.98 Å². The van der Waals surface area contributed by atoms with Crippen molar-refractivity contribution in [3.63, 3.8) is 0 Å². The van der Waals surface area contributed by atoms with Gasteiger partial charge in [-0.3, -0.25) is 9.79 Å². The first-order valence-electron chi connectivity index (χ1n) is 10.6. The van der Waals surface area contributed by atoms with Crippen molar-refractivity contribution in [2.45, 2.75) is 32.9 Å². The molecule has 1 atom stereocenters. The van der Waals surface area contributed by atoms with Gasteiger partial charge in [0, 0.05) is 50.6 Å². The van der Waals surface area contributed by atoms with Crippen LogP contribution in [-0.2, 0) is 17.9 Å². The minimum atomic E-state index is -0.239. The van der Waals surface area contributed by atoms with Crippen LogP contribution in [-0.4, -0.2) is 44.1 Å². The predicted molar refractivity (Wildman–Crippen MR) is 139 cm³/mol. The number of aryl methyl sites for hydroxylation is 1. The number of anilines is 1. The third-order valence-electron chi connectivity index (χ3n) is 5.55. The van der Waals surface area contributed by atoms with Crippen molar-refractivity contribution >= 4 is 41.7 Å². The minimum Gasteiger partial charge on any atom is -0.496 e. The summed E-state index contributed by atoms with van der Waals surface area (Å²) in [5.41, 5.74) is 8.80. The van der Waals surface area contributed by atoms with E-state index in [0.29, 0.717) is 25.6 Å². The van der Waals surface area contributed by atoms with Gasteiger partial charge in [0.05, 0.1) is 13.0 Å². The number of hydrogen-bond acceptors (Lipinski definition) is 5. The maximum absolute atomic E-state index is 11.7. The summed E-state index contributed by atoms with van der Waals surface area (Å²) in [6.07, 6.45) is 3.55. The Hall–Kier alpha value is -2.56. The molecular formula is C23H33IN6O2. The molecule has 0 aliphatic carbocycles. The number of nitrogens with two attached hydrogens (primary N) is 1. The Morgan fingerprint density at radius 2 is 2.03 bits per heavy atom. The second-order valence-electron chi connectivity index (χ2n) is 7.77. The van der Waals surface area contributed by atoms with E-state index in [2.05, 4.69) is 37.6 Å². The Balaban J connectivity index is 0.00000363. The summed E-state index contributed by atoms with van der Waals surface area (Å²) in [5, 5.41) is 6.69. The molecule has 1 aliphatic heterocycles. The lowest BCUT2D eigenvalue weighted by atomic mass is 9.97. The lowest BCUT2D eigenvalue weighted by Crippen LogP contribution is -2.42. The van der Waals surface area contributed by atoms with Gasteiger partial charge in [0.2, 0.25) is 5.91 Å². The first-order chi connectivity index (χ1) is 15.0. The number of hydrogen-bond donors (Lipinski definition) is 3. The minimum absolute atomic E-state index is 0. The molecule has 0 saturated carbocycles. The summed E-state index contributed by atoms with van der Waals surface area (Å²) in [5.74, 6) is 2.06. The molecule has 0 radical (unpaired) electrons. The lowest BCUT2D eigenvalue weighted by molar-refractivity contribution is -0.122. The van der Waals surface area contributed by atoms with Crippen molar-refractivity contribution in [2.75, 3.05) is 32.1 Å². The SMILES string of the molecule is CN=C(NCc1ccc(C)cc1OC)NCc1cccnc1N1CCCC(C(N)=O)C1.I. The third kappa shape index (κ3) is 6.72. The normalized spacial score (nSPS) is 16.2. The van der Waals surface area contributed by atoms with Gasteiger partial charge in [-0.1, -0.05) is 18.2 Å². The zero-order valence-electron chi connectivity index (χ0n) is 18.9. The Bertz CT molecular complexity index is 936. The monoisotopic (exact) mass is 552 g/mol. The molecule has 8 nitrogen and oxygen atoms in total. The van der Waals surface area contributed by atoms with Crippen molar-refractivity contribution in [2.24, 2.45) is 16.6 Å². The van der Waals surface area contributed by atoms with E-state index >= 15 is 0 Å². The predicted octanol–water partition coefficient (Wildman–Crippen LogP) is 2.58. The highest BCUT2D eigenvalue weighted by Gasteiger charge is 2.26. The average Bonchev–Trinajstić information content (AvgIpc) is 2.80. The van der Waals surface area contributed by atoms with Crippen LogP contribution in [0.3, 0.4) is 0 Å². The zero-order chi connectivity index (χ0) is 22.2. The van der Waals surface area contributed by atoms with Crippen LogP contribution in [0.15, 0.2) is 41.5 Å². The fourth-order valence-corrected chi connectivity index (χ4v) is 3.83. The van der Waals surface area contributed by atoms with Crippen LogP contribution in [0.5, 0.6) is 5.75 Å². The largest absolute Gasteiger partial charge is 0.496 e. The van der Waals surface area contributed by atoms with E-state index < -0.39 is 0 Å². The Labute approximate surface area is 207 Å². The number of amides is 1. The molecule has 1 aromatic carbocycles. The molecule has 1 aromatic heterocycles. The number of halogens is 1. The number of aromatic nitrogens is 1. The highest BCUT2D eigenvalue weighted by Crippen LogP contribution is 2.24. The van der Waals surface area contributed by atoms with E-state index in [1.807, 2.05) is 25.1 Å². The number of guanidine groups is 1.